The van der Waals surface area contributed by atoms with Gasteiger partial charge in [0.2, 0.25) is 5.95 Å². The highest BCUT2D eigenvalue weighted by Crippen LogP contribution is 2.16. The molecule has 0 bridgehead atoms. The molecule has 2 aromatic rings. The first kappa shape index (κ1) is 31.5. The molecule has 10 nitrogen and oxygen atoms in total. The van der Waals surface area contributed by atoms with Crippen LogP contribution in [0.4, 0.5) is 5.95 Å². The smallest absolute Gasteiger partial charge is 0.323 e. The fourth-order valence-corrected chi connectivity index (χ4v) is 4.21. The summed E-state index contributed by atoms with van der Waals surface area (Å²) in [4.78, 5) is 37.4. The molecule has 2 aromatic heterocycles. The lowest BCUT2D eigenvalue weighted by molar-refractivity contribution is -0.151. The van der Waals surface area contributed by atoms with Crippen LogP contribution in [0, 0.1) is 11.8 Å². The van der Waals surface area contributed by atoms with Gasteiger partial charge < -0.3 is 25.5 Å². The summed E-state index contributed by atoms with van der Waals surface area (Å²) in [5.74, 6) is -0.633. The molecule has 0 saturated heterocycles. The number of carbonyl (C=O) groups is 2. The highest BCUT2D eigenvalue weighted by molar-refractivity contribution is 5.75. The molecule has 0 saturated carbocycles. The van der Waals surface area contributed by atoms with Crippen LogP contribution in [0.25, 0.3) is 11.2 Å². The van der Waals surface area contributed by atoms with E-state index in [-0.39, 0.29) is 37.0 Å². The topological polar surface area (TPSA) is 148 Å². The number of hydrogen-bond acceptors (Lipinski definition) is 9. The maximum atomic E-state index is 12.4. The number of imidazole rings is 1. The number of esters is 2. The van der Waals surface area contributed by atoms with Gasteiger partial charge >= 0.3 is 11.9 Å². The molecule has 2 rings (SSSR count). The first-order valence-corrected chi connectivity index (χ1v) is 14.4. The number of anilines is 1. The van der Waals surface area contributed by atoms with Gasteiger partial charge in [-0.1, -0.05) is 78.6 Å². The third-order valence-corrected chi connectivity index (χ3v) is 7.11. The SMILES string of the molecule is CCCCCCCCCCCC(=O)OCC(CCn1cnc2cnc(N)nc21)COC(=O)[C@@H](N)C(C)CC. The third kappa shape index (κ3) is 11.3. The number of unbranched alkanes of at least 4 members (excludes halogenated alkanes) is 8. The molecule has 0 aliphatic heterocycles. The first-order valence-electron chi connectivity index (χ1n) is 14.4. The van der Waals surface area contributed by atoms with Gasteiger partial charge in [0.25, 0.3) is 0 Å². The fraction of sp³-hybridized carbons (Fsp3) is 0.750. The molecule has 0 spiro atoms. The molecule has 4 N–H and O–H groups in total. The summed E-state index contributed by atoms with van der Waals surface area (Å²) in [7, 11) is 0. The van der Waals surface area contributed by atoms with Crippen molar-refractivity contribution in [2.75, 3.05) is 18.9 Å². The Kier molecular flexibility index (Phi) is 14.7. The Morgan fingerprint density at radius 1 is 0.974 bits per heavy atom. The molecule has 10 heteroatoms. The zero-order valence-electron chi connectivity index (χ0n) is 23.6. The number of nitrogens with zero attached hydrogens (tertiary/aromatic N) is 4. The molecule has 2 unspecified atom stereocenters. The lowest BCUT2D eigenvalue weighted by atomic mass is 10.0. The average molecular weight is 533 g/mol. The summed E-state index contributed by atoms with van der Waals surface area (Å²) >= 11 is 0. The van der Waals surface area contributed by atoms with E-state index in [9.17, 15) is 9.59 Å². The number of nitrogens with two attached hydrogens (primary N) is 2. The molecule has 0 fully saturated rings. The average Bonchev–Trinajstić information content (AvgIpc) is 3.32. The standard InChI is InChI=1S/C28H48N6O4/c1-4-6-7-8-9-10-11-12-13-14-24(35)37-18-22(19-38-27(36)25(29)21(3)5-2)15-16-34-20-32-23-17-31-28(30)33-26(23)34/h17,20-22,25H,4-16,18-19,29H2,1-3H3,(H2,30,31,33)/t21?,22?,25-/m0/s1. The molecule has 0 amide bonds. The van der Waals surface area contributed by atoms with E-state index in [2.05, 4.69) is 21.9 Å². The maximum Gasteiger partial charge on any atom is 0.323 e. The molecule has 38 heavy (non-hydrogen) atoms. The number of aryl methyl sites for hydroxylation is 1. The van der Waals surface area contributed by atoms with Crippen molar-refractivity contribution in [2.24, 2.45) is 17.6 Å². The van der Waals surface area contributed by atoms with Crippen molar-refractivity contribution in [3.05, 3.63) is 12.5 Å². The van der Waals surface area contributed by atoms with Crippen molar-refractivity contribution in [2.45, 2.75) is 110 Å². The Hall–Kier alpha value is -2.75. The number of fused-ring (bicyclic) bond motifs is 1. The Bertz CT molecular complexity index is 966. The molecule has 0 aromatic carbocycles. The van der Waals surface area contributed by atoms with Crippen LogP contribution in [0.1, 0.15) is 97.8 Å². The van der Waals surface area contributed by atoms with E-state index in [0.29, 0.717) is 30.6 Å². The van der Waals surface area contributed by atoms with E-state index in [1.54, 1.807) is 12.5 Å². The van der Waals surface area contributed by atoms with Gasteiger partial charge in [0.05, 0.1) is 25.7 Å². The minimum atomic E-state index is -0.674. The van der Waals surface area contributed by atoms with Gasteiger partial charge in [0.15, 0.2) is 5.65 Å². The first-order chi connectivity index (χ1) is 18.3. The second-order valence-electron chi connectivity index (χ2n) is 10.3. The molecule has 0 aliphatic carbocycles. The zero-order valence-corrected chi connectivity index (χ0v) is 23.6. The van der Waals surface area contributed by atoms with Gasteiger partial charge in [-0.2, -0.15) is 4.98 Å². The minimum Gasteiger partial charge on any atom is -0.465 e. The van der Waals surface area contributed by atoms with Crippen LogP contribution in [0.3, 0.4) is 0 Å². The zero-order chi connectivity index (χ0) is 27.8. The van der Waals surface area contributed by atoms with E-state index in [1.807, 2.05) is 18.4 Å². The quantitative estimate of drug-likeness (QED) is 0.181. The van der Waals surface area contributed by atoms with Crippen molar-refractivity contribution in [1.29, 1.82) is 0 Å². The van der Waals surface area contributed by atoms with Gasteiger partial charge in [-0.15, -0.1) is 0 Å². The number of nitrogen functional groups attached to an aromatic ring is 1. The summed E-state index contributed by atoms with van der Waals surface area (Å²) in [6.45, 7) is 6.98. The fourth-order valence-electron chi connectivity index (χ4n) is 4.21. The molecular formula is C28H48N6O4. The summed E-state index contributed by atoms with van der Waals surface area (Å²) in [6, 6.07) is -0.674. The van der Waals surface area contributed by atoms with Gasteiger partial charge in [-0.05, 0) is 18.8 Å². The Morgan fingerprint density at radius 2 is 1.63 bits per heavy atom. The van der Waals surface area contributed by atoms with Crippen molar-refractivity contribution in [1.82, 2.24) is 19.5 Å². The maximum absolute atomic E-state index is 12.4. The van der Waals surface area contributed by atoms with E-state index in [4.69, 9.17) is 20.9 Å². The van der Waals surface area contributed by atoms with Gasteiger partial charge in [-0.3, -0.25) is 9.59 Å². The Morgan fingerprint density at radius 3 is 2.32 bits per heavy atom. The molecule has 214 valence electrons. The van der Waals surface area contributed by atoms with E-state index in [0.717, 1.165) is 25.7 Å². The largest absolute Gasteiger partial charge is 0.465 e. The minimum absolute atomic E-state index is 0.0255. The number of aromatic nitrogens is 4. The molecular weight excluding hydrogens is 484 g/mol. The van der Waals surface area contributed by atoms with Crippen molar-refractivity contribution in [3.8, 4) is 0 Å². The number of carbonyl (C=O) groups excluding carboxylic acids is 2. The van der Waals surface area contributed by atoms with Crippen molar-refractivity contribution in [3.63, 3.8) is 0 Å². The third-order valence-electron chi connectivity index (χ3n) is 7.11. The van der Waals surface area contributed by atoms with Crippen LogP contribution in [-0.2, 0) is 25.6 Å². The summed E-state index contributed by atoms with van der Waals surface area (Å²) in [5, 5.41) is 0. The molecule has 0 aliphatic rings. The second kappa shape index (κ2) is 17.7. The summed E-state index contributed by atoms with van der Waals surface area (Å²) < 4.78 is 13.0. The Labute approximate surface area is 227 Å². The highest BCUT2D eigenvalue weighted by Gasteiger charge is 2.23. The lowest BCUT2D eigenvalue weighted by Gasteiger charge is -2.21. The van der Waals surface area contributed by atoms with Crippen LogP contribution in [0.2, 0.25) is 0 Å². The van der Waals surface area contributed by atoms with Crippen molar-refractivity contribution < 1.29 is 19.1 Å². The van der Waals surface area contributed by atoms with Crippen molar-refractivity contribution >= 4 is 29.1 Å². The number of hydrogen-bond donors (Lipinski definition) is 2. The monoisotopic (exact) mass is 532 g/mol. The highest BCUT2D eigenvalue weighted by atomic mass is 16.5. The molecule has 2 heterocycles. The predicted molar refractivity (Wildman–Crippen MR) is 149 cm³/mol. The van der Waals surface area contributed by atoms with Crippen LogP contribution in [0.15, 0.2) is 12.5 Å². The second-order valence-corrected chi connectivity index (χ2v) is 10.3. The van der Waals surface area contributed by atoms with Crippen LogP contribution in [-0.4, -0.2) is 50.7 Å². The van der Waals surface area contributed by atoms with Gasteiger partial charge in [0, 0.05) is 18.9 Å². The molecule has 3 atom stereocenters. The van der Waals surface area contributed by atoms with Crippen LogP contribution < -0.4 is 11.5 Å². The van der Waals surface area contributed by atoms with Gasteiger partial charge in [-0.25, -0.2) is 9.97 Å². The van der Waals surface area contributed by atoms with Gasteiger partial charge in [0.1, 0.15) is 11.6 Å². The normalized spacial score (nSPS) is 13.8. The van der Waals surface area contributed by atoms with Crippen LogP contribution >= 0.6 is 0 Å². The lowest BCUT2D eigenvalue weighted by Crippen LogP contribution is -2.39. The molecule has 0 radical (unpaired) electrons. The Balaban J connectivity index is 1.82. The number of ether oxygens (including phenoxy) is 2. The summed E-state index contributed by atoms with van der Waals surface area (Å²) in [5.41, 5.74) is 13.0. The van der Waals surface area contributed by atoms with E-state index in [1.165, 1.54) is 38.5 Å². The summed E-state index contributed by atoms with van der Waals surface area (Å²) in [6.07, 6.45) is 15.8. The van der Waals surface area contributed by atoms with E-state index < -0.39 is 12.0 Å². The number of rotatable bonds is 20. The van der Waals surface area contributed by atoms with E-state index >= 15 is 0 Å². The van der Waals surface area contributed by atoms with Crippen LogP contribution in [0.5, 0.6) is 0 Å². The predicted octanol–water partition coefficient (Wildman–Crippen LogP) is 4.80.